The predicted octanol–water partition coefficient (Wildman–Crippen LogP) is 5.04. The second kappa shape index (κ2) is 11.1. The summed E-state index contributed by atoms with van der Waals surface area (Å²) in [6.45, 7) is 4.22. The number of aromatic nitrogens is 2. The van der Waals surface area contributed by atoms with Gasteiger partial charge in [0.15, 0.2) is 0 Å². The quantitative estimate of drug-likeness (QED) is 0.250. The minimum atomic E-state index is -0.509. The first-order valence-electron chi connectivity index (χ1n) is 14.1. The van der Waals surface area contributed by atoms with Gasteiger partial charge in [0.05, 0.1) is 23.9 Å². The third-order valence-electron chi connectivity index (χ3n) is 7.92. The van der Waals surface area contributed by atoms with E-state index in [0.717, 1.165) is 55.3 Å². The molecule has 8 heteroatoms. The molecule has 1 aliphatic heterocycles. The molecule has 2 aromatic carbocycles. The zero-order valence-electron chi connectivity index (χ0n) is 22.6. The number of amides is 1. The van der Waals surface area contributed by atoms with Crippen LogP contribution in [0.4, 0.5) is 0 Å². The van der Waals surface area contributed by atoms with Crippen LogP contribution in [0.3, 0.4) is 0 Å². The second-order valence-corrected chi connectivity index (χ2v) is 10.9. The summed E-state index contributed by atoms with van der Waals surface area (Å²) in [5.41, 5.74) is 2.89. The largest absolute Gasteiger partial charge is 0.507 e. The highest BCUT2D eigenvalue weighted by atomic mass is 16.5. The van der Waals surface area contributed by atoms with Gasteiger partial charge in [0, 0.05) is 11.9 Å². The monoisotopic (exact) mass is 538 g/mol. The van der Waals surface area contributed by atoms with E-state index in [2.05, 4.69) is 15.6 Å². The maximum atomic E-state index is 13.3. The summed E-state index contributed by atoms with van der Waals surface area (Å²) in [5, 5.41) is 18.0. The van der Waals surface area contributed by atoms with E-state index < -0.39 is 11.5 Å². The zero-order valence-corrected chi connectivity index (χ0v) is 22.6. The second-order valence-electron chi connectivity index (χ2n) is 10.9. The van der Waals surface area contributed by atoms with Crippen molar-refractivity contribution in [2.45, 2.75) is 44.6 Å². The molecule has 40 heavy (non-hydrogen) atoms. The lowest BCUT2D eigenvalue weighted by atomic mass is 9.88. The van der Waals surface area contributed by atoms with Crippen molar-refractivity contribution in [3.8, 4) is 22.8 Å². The van der Waals surface area contributed by atoms with Crippen molar-refractivity contribution >= 4 is 16.9 Å². The van der Waals surface area contributed by atoms with Crippen LogP contribution in [-0.4, -0.2) is 40.7 Å². The van der Waals surface area contributed by atoms with Crippen molar-refractivity contribution in [2.75, 3.05) is 19.7 Å². The van der Waals surface area contributed by atoms with E-state index in [9.17, 15) is 14.7 Å². The first kappa shape index (κ1) is 26.1. The van der Waals surface area contributed by atoms with Gasteiger partial charge in [-0.3, -0.25) is 9.59 Å². The van der Waals surface area contributed by atoms with Crippen LogP contribution in [0.1, 0.15) is 66.1 Å². The van der Waals surface area contributed by atoms with Crippen molar-refractivity contribution in [2.24, 2.45) is 5.92 Å². The van der Waals surface area contributed by atoms with Crippen molar-refractivity contribution in [1.82, 2.24) is 20.6 Å². The van der Waals surface area contributed by atoms with Crippen LogP contribution in [-0.2, 0) is 0 Å². The molecular weight excluding hydrogens is 504 g/mol. The van der Waals surface area contributed by atoms with Crippen LogP contribution in [0.15, 0.2) is 65.5 Å². The number of aromatic hydroxyl groups is 1. The molecule has 0 radical (unpaired) electrons. The molecule has 2 aromatic heterocycles. The van der Waals surface area contributed by atoms with Crippen LogP contribution in [0.5, 0.6) is 11.5 Å². The third-order valence-corrected chi connectivity index (χ3v) is 7.92. The summed E-state index contributed by atoms with van der Waals surface area (Å²) in [6.07, 6.45) is 4.29. The molecular formula is C32H34N4O4. The Balaban J connectivity index is 1.43. The molecule has 1 saturated carbocycles. The Labute approximate surface area is 232 Å². The number of benzene rings is 2. The summed E-state index contributed by atoms with van der Waals surface area (Å²) < 4.78 is 6.10. The molecule has 1 saturated heterocycles. The summed E-state index contributed by atoms with van der Waals surface area (Å²) >= 11 is 0. The molecule has 2 fully saturated rings. The Kier molecular flexibility index (Phi) is 7.26. The Morgan fingerprint density at radius 2 is 1.95 bits per heavy atom. The molecule has 2 aliphatic rings. The number of pyridine rings is 2. The highest BCUT2D eigenvalue weighted by Crippen LogP contribution is 2.41. The van der Waals surface area contributed by atoms with E-state index in [4.69, 9.17) is 9.72 Å². The van der Waals surface area contributed by atoms with Gasteiger partial charge < -0.3 is 25.5 Å². The van der Waals surface area contributed by atoms with E-state index >= 15 is 0 Å². The number of carbonyl (C=O) groups is 1. The fraction of sp³-hybridized carbons (Fsp3) is 0.344. The molecule has 206 valence electrons. The van der Waals surface area contributed by atoms with Gasteiger partial charge in [-0.2, -0.15) is 0 Å². The summed E-state index contributed by atoms with van der Waals surface area (Å²) in [5.74, 6) is 0.910. The standard InChI is InChI=1S/C32H34N4O4/c1-19(21-7-3-2-4-8-21)34-31(38)25-15-24-23(22-9-6-14-33-17-22)16-26(35-30(24)36-32(25)39)29-27(37)10-5-11-28(29)40-18-20-12-13-20/h2-5,7-8,10-11,15-16,19-20,22,33,37H,6,9,12-14,17-18H2,1H3,(H,34,38)(H,35,36,39)/t19-,22?/m1/s1. The first-order valence-corrected chi connectivity index (χ1v) is 14.1. The minimum Gasteiger partial charge on any atom is -0.507 e. The normalized spacial score (nSPS) is 17.9. The number of hydrogen-bond donors (Lipinski definition) is 4. The maximum Gasteiger partial charge on any atom is 0.262 e. The van der Waals surface area contributed by atoms with Crippen molar-refractivity contribution in [1.29, 1.82) is 0 Å². The molecule has 3 heterocycles. The zero-order chi connectivity index (χ0) is 27.6. The number of H-pyrrole nitrogens is 1. The molecule has 8 nitrogen and oxygen atoms in total. The van der Waals surface area contributed by atoms with Crippen molar-refractivity contribution < 1.29 is 14.6 Å². The number of nitrogens with one attached hydrogen (secondary N) is 3. The molecule has 0 spiro atoms. The molecule has 1 unspecified atom stereocenters. The average Bonchev–Trinajstić information content (AvgIpc) is 3.80. The predicted molar refractivity (Wildman–Crippen MR) is 155 cm³/mol. The Bertz CT molecular complexity index is 1590. The Morgan fingerprint density at radius 3 is 2.70 bits per heavy atom. The highest BCUT2D eigenvalue weighted by molar-refractivity contribution is 5.98. The van der Waals surface area contributed by atoms with E-state index in [-0.39, 0.29) is 23.3 Å². The number of phenolic OH excluding ortho intramolecular Hbond substituents is 1. The first-order chi connectivity index (χ1) is 19.5. The van der Waals surface area contributed by atoms with E-state index in [1.54, 1.807) is 18.2 Å². The topological polar surface area (TPSA) is 116 Å². The third kappa shape index (κ3) is 5.45. The number of aromatic amines is 1. The summed E-state index contributed by atoms with van der Waals surface area (Å²) in [4.78, 5) is 34.1. The molecule has 4 aromatic rings. The molecule has 6 rings (SSSR count). The number of carbonyl (C=O) groups excluding carboxylic acids is 1. The van der Waals surface area contributed by atoms with Gasteiger partial charge >= 0.3 is 0 Å². The van der Waals surface area contributed by atoms with E-state index in [0.29, 0.717) is 35.2 Å². The summed E-state index contributed by atoms with van der Waals surface area (Å²) in [6, 6.07) is 18.2. The number of phenols is 1. The number of hydrogen-bond acceptors (Lipinski definition) is 6. The van der Waals surface area contributed by atoms with Gasteiger partial charge in [0.2, 0.25) is 0 Å². The molecule has 0 bridgehead atoms. The maximum absolute atomic E-state index is 13.3. The van der Waals surface area contributed by atoms with Crippen LogP contribution >= 0.6 is 0 Å². The van der Waals surface area contributed by atoms with Crippen molar-refractivity contribution in [3.63, 3.8) is 0 Å². The lowest BCUT2D eigenvalue weighted by Gasteiger charge is -2.25. The van der Waals surface area contributed by atoms with E-state index in [1.807, 2.05) is 49.4 Å². The van der Waals surface area contributed by atoms with Gasteiger partial charge in [-0.15, -0.1) is 0 Å². The molecule has 1 amide bonds. The van der Waals surface area contributed by atoms with Gasteiger partial charge in [0.1, 0.15) is 22.7 Å². The van der Waals surface area contributed by atoms with E-state index in [1.165, 1.54) is 0 Å². The van der Waals surface area contributed by atoms with Crippen LogP contribution in [0, 0.1) is 5.92 Å². The number of fused-ring (bicyclic) bond motifs is 1. The van der Waals surface area contributed by atoms with Crippen LogP contribution < -0.4 is 20.9 Å². The molecule has 1 aliphatic carbocycles. The molecule has 4 N–H and O–H groups in total. The minimum absolute atomic E-state index is 0.0471. The Morgan fingerprint density at radius 1 is 1.12 bits per heavy atom. The number of rotatable bonds is 8. The van der Waals surface area contributed by atoms with Crippen LogP contribution in [0.25, 0.3) is 22.3 Å². The molecule has 2 atom stereocenters. The number of piperidine rings is 1. The van der Waals surface area contributed by atoms with Gasteiger partial charge in [-0.25, -0.2) is 4.98 Å². The van der Waals surface area contributed by atoms with Crippen molar-refractivity contribution in [3.05, 3.63) is 87.7 Å². The summed E-state index contributed by atoms with van der Waals surface area (Å²) in [7, 11) is 0. The smallest absolute Gasteiger partial charge is 0.262 e. The fourth-order valence-electron chi connectivity index (χ4n) is 5.45. The SMILES string of the molecule is C[C@@H](NC(=O)c1cc2c(C3CCCNC3)cc(-c3c(O)cccc3OCC3CC3)nc2[nH]c1=O)c1ccccc1. The van der Waals surface area contributed by atoms with Gasteiger partial charge in [0.25, 0.3) is 11.5 Å². The van der Waals surface area contributed by atoms with Gasteiger partial charge in [-0.1, -0.05) is 36.4 Å². The Hall–Kier alpha value is -4.17. The van der Waals surface area contributed by atoms with Gasteiger partial charge in [-0.05, 0) is 86.4 Å². The highest BCUT2D eigenvalue weighted by Gasteiger charge is 2.26. The van der Waals surface area contributed by atoms with Crippen LogP contribution in [0.2, 0.25) is 0 Å². The lowest BCUT2D eigenvalue weighted by Crippen LogP contribution is -2.32. The fourth-order valence-corrected chi connectivity index (χ4v) is 5.45. The number of nitrogens with zero attached hydrogens (tertiary/aromatic N) is 1. The lowest BCUT2D eigenvalue weighted by molar-refractivity contribution is 0.0938. The number of ether oxygens (including phenoxy) is 1. The average molecular weight is 539 g/mol.